The molecule has 1 heterocycles. The highest BCUT2D eigenvalue weighted by atomic mass is 16.5. The Bertz CT molecular complexity index is 955. The largest absolute Gasteiger partial charge is 0.492 e. The summed E-state index contributed by atoms with van der Waals surface area (Å²) >= 11 is 0. The van der Waals surface area contributed by atoms with Gasteiger partial charge in [-0.1, -0.05) is 38.5 Å². The molecule has 1 aromatic carbocycles. The number of ether oxygens (including phenoxy) is 1. The van der Waals surface area contributed by atoms with Crippen LogP contribution in [0, 0.1) is 0 Å². The molecule has 0 aliphatic heterocycles. The number of carbonyl (C=O) groups excluding carboxylic acids is 1. The molecular formula is C22H33N5O4. The summed E-state index contributed by atoms with van der Waals surface area (Å²) < 4.78 is 6.99. The van der Waals surface area contributed by atoms with Crippen molar-refractivity contribution in [1.29, 1.82) is 0 Å². The van der Waals surface area contributed by atoms with Crippen molar-refractivity contribution in [2.45, 2.75) is 39.7 Å². The molecule has 2 rings (SSSR count). The van der Waals surface area contributed by atoms with Gasteiger partial charge in [0.15, 0.2) is 5.69 Å². The third kappa shape index (κ3) is 6.71. The Morgan fingerprint density at radius 3 is 2.48 bits per heavy atom. The zero-order valence-electron chi connectivity index (χ0n) is 18.6. The van der Waals surface area contributed by atoms with Gasteiger partial charge in [-0.15, -0.1) is 0 Å². The number of para-hydroxylation sites is 1. The summed E-state index contributed by atoms with van der Waals surface area (Å²) in [5.41, 5.74) is 5.01. The van der Waals surface area contributed by atoms with Gasteiger partial charge in [-0.2, -0.15) is 0 Å². The number of likely N-dealkylation sites (N-methyl/N-ethyl adjacent to an activating group) is 1. The van der Waals surface area contributed by atoms with Crippen LogP contribution in [-0.2, 0) is 11.3 Å². The van der Waals surface area contributed by atoms with Gasteiger partial charge in [-0.25, -0.2) is 4.79 Å². The molecule has 9 heteroatoms. The standard InChI is InChI=1S/C22H33N5O4/c1-4-6-13-26(19-20(23)27(12-5-2)22(30)24-21(19)29)18(28)16-25(3)14-15-31-17-10-8-7-9-11-17/h7-11H,4-6,12-16,23H2,1-3H3,(H,24,29,30). The zero-order valence-corrected chi connectivity index (χ0v) is 18.6. The fourth-order valence-electron chi connectivity index (χ4n) is 3.19. The number of anilines is 2. The minimum absolute atomic E-state index is 0.0233. The van der Waals surface area contributed by atoms with E-state index in [0.29, 0.717) is 39.1 Å². The van der Waals surface area contributed by atoms with Gasteiger partial charge in [-0.3, -0.25) is 24.0 Å². The lowest BCUT2D eigenvalue weighted by Crippen LogP contribution is -2.45. The van der Waals surface area contributed by atoms with Crippen LogP contribution in [-0.4, -0.2) is 53.6 Å². The van der Waals surface area contributed by atoms with Crippen LogP contribution in [0.5, 0.6) is 5.75 Å². The highest BCUT2D eigenvalue weighted by Crippen LogP contribution is 2.18. The molecule has 0 fully saturated rings. The van der Waals surface area contributed by atoms with E-state index < -0.39 is 11.2 Å². The van der Waals surface area contributed by atoms with Crippen molar-refractivity contribution in [3.05, 3.63) is 51.2 Å². The molecule has 1 amide bonds. The molecule has 3 N–H and O–H groups in total. The number of rotatable bonds is 12. The van der Waals surface area contributed by atoms with Crippen molar-refractivity contribution in [3.63, 3.8) is 0 Å². The Labute approximate surface area is 182 Å². The van der Waals surface area contributed by atoms with Crippen molar-refractivity contribution < 1.29 is 9.53 Å². The molecule has 2 aromatic rings. The lowest BCUT2D eigenvalue weighted by atomic mass is 10.2. The minimum atomic E-state index is -0.644. The number of nitrogens with one attached hydrogen (secondary N) is 1. The summed E-state index contributed by atoms with van der Waals surface area (Å²) in [6.45, 7) is 5.66. The molecule has 9 nitrogen and oxygen atoms in total. The number of unbranched alkanes of at least 4 members (excludes halogenated alkanes) is 1. The van der Waals surface area contributed by atoms with Crippen molar-refractivity contribution in [2.75, 3.05) is 43.9 Å². The van der Waals surface area contributed by atoms with E-state index >= 15 is 0 Å². The highest BCUT2D eigenvalue weighted by Gasteiger charge is 2.24. The van der Waals surface area contributed by atoms with Gasteiger partial charge in [0.2, 0.25) is 5.91 Å². The quantitative estimate of drug-likeness (QED) is 0.528. The van der Waals surface area contributed by atoms with Gasteiger partial charge < -0.3 is 15.4 Å². The molecular weight excluding hydrogens is 398 g/mol. The number of aromatic nitrogens is 2. The van der Waals surface area contributed by atoms with E-state index in [1.54, 1.807) is 0 Å². The Balaban J connectivity index is 2.14. The first-order chi connectivity index (χ1) is 14.9. The Morgan fingerprint density at radius 2 is 1.84 bits per heavy atom. The summed E-state index contributed by atoms with van der Waals surface area (Å²) in [5, 5.41) is 0. The predicted molar refractivity (Wildman–Crippen MR) is 123 cm³/mol. The van der Waals surface area contributed by atoms with Gasteiger partial charge in [0.25, 0.3) is 5.56 Å². The first-order valence-electron chi connectivity index (χ1n) is 10.7. The number of hydrogen-bond acceptors (Lipinski definition) is 6. The number of H-pyrrole nitrogens is 1. The van der Waals surface area contributed by atoms with Gasteiger partial charge in [0.1, 0.15) is 18.2 Å². The molecule has 31 heavy (non-hydrogen) atoms. The summed E-state index contributed by atoms with van der Waals surface area (Å²) in [6, 6.07) is 9.46. The number of benzene rings is 1. The second kappa shape index (κ2) is 11.9. The van der Waals surface area contributed by atoms with E-state index in [9.17, 15) is 14.4 Å². The van der Waals surface area contributed by atoms with Crippen LogP contribution >= 0.6 is 0 Å². The van der Waals surface area contributed by atoms with Gasteiger partial charge >= 0.3 is 5.69 Å². The lowest BCUT2D eigenvalue weighted by Gasteiger charge is -2.26. The second-order valence-corrected chi connectivity index (χ2v) is 7.44. The first-order valence-corrected chi connectivity index (χ1v) is 10.7. The van der Waals surface area contributed by atoms with Crippen molar-refractivity contribution in [3.8, 4) is 5.75 Å². The predicted octanol–water partition coefficient (Wildman–Crippen LogP) is 1.67. The van der Waals surface area contributed by atoms with Crippen molar-refractivity contribution >= 4 is 17.4 Å². The fraction of sp³-hybridized carbons (Fsp3) is 0.500. The average Bonchev–Trinajstić information content (AvgIpc) is 2.74. The maximum Gasteiger partial charge on any atom is 0.330 e. The molecule has 0 radical (unpaired) electrons. The van der Waals surface area contributed by atoms with E-state index in [4.69, 9.17) is 10.5 Å². The molecule has 0 saturated heterocycles. The summed E-state index contributed by atoms with van der Waals surface area (Å²) in [5.74, 6) is 0.536. The fourth-order valence-corrected chi connectivity index (χ4v) is 3.19. The molecule has 0 aliphatic rings. The average molecular weight is 432 g/mol. The zero-order chi connectivity index (χ0) is 22.8. The SMILES string of the molecule is CCCCN(C(=O)CN(C)CCOc1ccccc1)c1c(N)n(CCC)c(=O)[nH]c1=O. The van der Waals surface area contributed by atoms with E-state index in [1.807, 2.05) is 56.1 Å². The second-order valence-electron chi connectivity index (χ2n) is 7.44. The minimum Gasteiger partial charge on any atom is -0.492 e. The molecule has 0 spiro atoms. The maximum atomic E-state index is 13.1. The number of amides is 1. The summed E-state index contributed by atoms with van der Waals surface area (Å²) in [4.78, 5) is 43.3. The smallest absolute Gasteiger partial charge is 0.330 e. The summed E-state index contributed by atoms with van der Waals surface area (Å²) in [6.07, 6.45) is 2.22. The van der Waals surface area contributed by atoms with E-state index in [0.717, 1.165) is 12.2 Å². The van der Waals surface area contributed by atoms with Gasteiger partial charge in [0, 0.05) is 19.6 Å². The molecule has 0 bridgehead atoms. The van der Waals surface area contributed by atoms with E-state index in [-0.39, 0.29) is 24.0 Å². The number of aromatic amines is 1. The number of nitrogens with zero attached hydrogens (tertiary/aromatic N) is 3. The van der Waals surface area contributed by atoms with Crippen LogP contribution in [0.4, 0.5) is 11.5 Å². The third-order valence-electron chi connectivity index (χ3n) is 4.86. The van der Waals surface area contributed by atoms with Gasteiger partial charge in [-0.05, 0) is 32.0 Å². The number of nitrogen functional groups attached to an aromatic ring is 1. The molecule has 0 atom stereocenters. The topological polar surface area (TPSA) is 114 Å². The Morgan fingerprint density at radius 1 is 1.13 bits per heavy atom. The van der Waals surface area contributed by atoms with Crippen molar-refractivity contribution in [2.24, 2.45) is 0 Å². The van der Waals surface area contributed by atoms with Crippen LogP contribution in [0.25, 0.3) is 0 Å². The molecule has 1 aromatic heterocycles. The number of nitrogens with two attached hydrogens (primary N) is 1. The Kier molecular flexibility index (Phi) is 9.33. The maximum absolute atomic E-state index is 13.1. The van der Waals surface area contributed by atoms with E-state index in [2.05, 4.69) is 4.98 Å². The van der Waals surface area contributed by atoms with Crippen LogP contribution in [0.3, 0.4) is 0 Å². The van der Waals surface area contributed by atoms with Crippen molar-refractivity contribution in [1.82, 2.24) is 14.5 Å². The molecule has 0 aliphatic carbocycles. The lowest BCUT2D eigenvalue weighted by molar-refractivity contribution is -0.119. The number of carbonyl (C=O) groups is 1. The molecule has 0 unspecified atom stereocenters. The Hall–Kier alpha value is -3.07. The molecule has 0 saturated carbocycles. The van der Waals surface area contributed by atoms with Crippen LogP contribution in [0.15, 0.2) is 39.9 Å². The van der Waals surface area contributed by atoms with Crippen LogP contribution < -0.4 is 26.6 Å². The first kappa shape index (κ1) is 24.2. The molecule has 170 valence electrons. The summed E-state index contributed by atoms with van der Waals surface area (Å²) in [7, 11) is 1.82. The third-order valence-corrected chi connectivity index (χ3v) is 4.86. The van der Waals surface area contributed by atoms with Gasteiger partial charge in [0.05, 0.1) is 6.54 Å². The highest BCUT2D eigenvalue weighted by molar-refractivity contribution is 5.96. The van der Waals surface area contributed by atoms with Crippen LogP contribution in [0.1, 0.15) is 33.1 Å². The number of hydrogen-bond donors (Lipinski definition) is 2. The monoisotopic (exact) mass is 431 g/mol. The van der Waals surface area contributed by atoms with E-state index in [1.165, 1.54) is 9.47 Å². The van der Waals surface area contributed by atoms with Crippen LogP contribution in [0.2, 0.25) is 0 Å². The normalized spacial score (nSPS) is 11.0.